The molecule has 0 atom stereocenters. The number of carbonyl (C=O) groups excluding carboxylic acids is 1. The third kappa shape index (κ3) is 5.69. The first-order chi connectivity index (χ1) is 16.0. The molecule has 1 saturated carbocycles. The summed E-state index contributed by atoms with van der Waals surface area (Å²) in [6.07, 6.45) is 7.00. The highest BCUT2D eigenvalue weighted by molar-refractivity contribution is 7.71. The molecule has 3 N–H and O–H groups in total. The third-order valence-electron chi connectivity index (χ3n) is 6.09. The number of ether oxygens (including phenoxy) is 1. The first-order valence-electron chi connectivity index (χ1n) is 11.5. The van der Waals surface area contributed by atoms with Gasteiger partial charge in [0, 0.05) is 43.2 Å². The van der Waals surface area contributed by atoms with Gasteiger partial charge in [-0.05, 0) is 73.9 Å². The summed E-state index contributed by atoms with van der Waals surface area (Å²) < 4.78 is 6.92. The van der Waals surface area contributed by atoms with E-state index in [0.29, 0.717) is 46.9 Å². The lowest BCUT2D eigenvalue weighted by molar-refractivity contribution is 0.102. The molecule has 0 spiro atoms. The van der Waals surface area contributed by atoms with E-state index in [1.807, 2.05) is 24.3 Å². The molecule has 8 heteroatoms. The molecule has 1 heterocycles. The summed E-state index contributed by atoms with van der Waals surface area (Å²) in [7, 11) is 1.62. The zero-order chi connectivity index (χ0) is 23.2. The van der Waals surface area contributed by atoms with E-state index in [-0.39, 0.29) is 11.5 Å². The van der Waals surface area contributed by atoms with Crippen molar-refractivity contribution in [1.29, 1.82) is 0 Å². The predicted molar refractivity (Wildman–Crippen MR) is 135 cm³/mol. The van der Waals surface area contributed by atoms with Gasteiger partial charge in [-0.1, -0.05) is 19.3 Å². The van der Waals surface area contributed by atoms with Gasteiger partial charge < -0.3 is 20.4 Å². The van der Waals surface area contributed by atoms with E-state index in [9.17, 15) is 9.59 Å². The first kappa shape index (κ1) is 23.2. The van der Waals surface area contributed by atoms with Crippen molar-refractivity contribution in [3.63, 3.8) is 0 Å². The van der Waals surface area contributed by atoms with Crippen molar-refractivity contribution >= 4 is 40.4 Å². The maximum atomic E-state index is 12.8. The Morgan fingerprint density at radius 3 is 2.58 bits per heavy atom. The minimum absolute atomic E-state index is 0.169. The third-order valence-corrected chi connectivity index (χ3v) is 6.42. The zero-order valence-electron chi connectivity index (χ0n) is 18.9. The van der Waals surface area contributed by atoms with Gasteiger partial charge in [-0.25, -0.2) is 0 Å². The highest BCUT2D eigenvalue weighted by atomic mass is 32.1. The molecule has 0 radical (unpaired) electrons. The zero-order valence-corrected chi connectivity index (χ0v) is 19.7. The number of nitrogens with one attached hydrogen (secondary N) is 3. The van der Waals surface area contributed by atoms with Crippen molar-refractivity contribution in [2.75, 3.05) is 24.4 Å². The topological polar surface area (TPSA) is 88.2 Å². The van der Waals surface area contributed by atoms with Crippen LogP contribution in [-0.4, -0.2) is 35.2 Å². The summed E-state index contributed by atoms with van der Waals surface area (Å²) in [5, 5.41) is 7.00. The summed E-state index contributed by atoms with van der Waals surface area (Å²) in [6.45, 7) is 1.03. The number of aromatic amines is 1. The van der Waals surface area contributed by atoms with Crippen LogP contribution < -0.4 is 16.2 Å². The van der Waals surface area contributed by atoms with E-state index in [0.717, 1.165) is 11.4 Å². The molecule has 1 aliphatic carbocycles. The van der Waals surface area contributed by atoms with Crippen LogP contribution in [0.3, 0.4) is 0 Å². The smallest absolute Gasteiger partial charge is 0.262 e. The van der Waals surface area contributed by atoms with Crippen LogP contribution in [0.5, 0.6) is 0 Å². The first-order valence-corrected chi connectivity index (χ1v) is 11.9. The Balaban J connectivity index is 1.46. The largest absolute Gasteiger partial charge is 0.385 e. The van der Waals surface area contributed by atoms with Crippen molar-refractivity contribution in [2.45, 2.75) is 51.1 Å². The number of carbonyl (C=O) groups is 1. The van der Waals surface area contributed by atoms with Crippen LogP contribution >= 0.6 is 12.2 Å². The summed E-state index contributed by atoms with van der Waals surface area (Å²) in [4.78, 5) is 28.7. The van der Waals surface area contributed by atoms with Gasteiger partial charge in [0.15, 0.2) is 4.77 Å². The van der Waals surface area contributed by atoms with E-state index in [4.69, 9.17) is 17.0 Å². The van der Waals surface area contributed by atoms with E-state index < -0.39 is 0 Å². The number of H-pyrrole nitrogens is 1. The fourth-order valence-electron chi connectivity index (χ4n) is 4.30. The molecule has 1 amide bonds. The molecule has 0 aliphatic heterocycles. The van der Waals surface area contributed by atoms with Gasteiger partial charge in [-0.3, -0.25) is 14.2 Å². The fraction of sp³-hybridized carbons (Fsp3) is 0.400. The number of nitrogens with zero attached hydrogens (tertiary/aromatic N) is 1. The second-order valence-corrected chi connectivity index (χ2v) is 8.89. The molecule has 1 aromatic heterocycles. The van der Waals surface area contributed by atoms with Crippen molar-refractivity contribution in [1.82, 2.24) is 9.55 Å². The van der Waals surface area contributed by atoms with Crippen LogP contribution in [-0.2, 0) is 11.3 Å². The average Bonchev–Trinajstić information content (AvgIpc) is 2.83. The highest BCUT2D eigenvalue weighted by Gasteiger charge is 2.14. The highest BCUT2D eigenvalue weighted by Crippen LogP contribution is 2.23. The molecule has 1 aliphatic rings. The lowest BCUT2D eigenvalue weighted by atomic mass is 9.95. The molecular weight excluding hydrogens is 436 g/mol. The predicted octanol–water partition coefficient (Wildman–Crippen LogP) is 5.09. The number of aromatic nitrogens is 2. The Bertz CT molecular complexity index is 1230. The van der Waals surface area contributed by atoms with E-state index in [1.54, 1.807) is 25.3 Å². The lowest BCUT2D eigenvalue weighted by Gasteiger charge is -2.23. The number of hydrogen-bond donors (Lipinski definition) is 3. The second kappa shape index (κ2) is 10.8. The molecule has 0 bridgehead atoms. The van der Waals surface area contributed by atoms with Crippen molar-refractivity contribution in [2.24, 2.45) is 0 Å². The molecule has 174 valence electrons. The monoisotopic (exact) mass is 466 g/mol. The van der Waals surface area contributed by atoms with Gasteiger partial charge >= 0.3 is 0 Å². The molecule has 0 saturated heterocycles. The Morgan fingerprint density at radius 1 is 1.12 bits per heavy atom. The number of amides is 1. The standard InChI is InChI=1S/C25H30N4O3S/c1-32-15-5-14-29-24(31)21-13-8-17(16-22(21)28-25(29)33)23(30)27-20-11-9-19(10-12-20)26-18-6-3-2-4-7-18/h8-13,16,18,26H,2-7,14-15H2,1H3,(H,27,30)(H,28,33). The molecule has 3 aromatic rings. The van der Waals surface area contributed by atoms with Crippen LogP contribution in [0, 0.1) is 4.77 Å². The van der Waals surface area contributed by atoms with Crippen LogP contribution in [0.2, 0.25) is 0 Å². The summed E-state index contributed by atoms with van der Waals surface area (Å²) >= 11 is 5.36. The van der Waals surface area contributed by atoms with Gasteiger partial charge in [-0.15, -0.1) is 0 Å². The normalized spacial score (nSPS) is 14.3. The number of benzene rings is 2. The van der Waals surface area contributed by atoms with Crippen molar-refractivity contribution < 1.29 is 9.53 Å². The van der Waals surface area contributed by atoms with Crippen LogP contribution in [0.15, 0.2) is 47.3 Å². The Labute approximate surface area is 198 Å². The van der Waals surface area contributed by atoms with Crippen molar-refractivity contribution in [3.8, 4) is 0 Å². The van der Waals surface area contributed by atoms with Crippen molar-refractivity contribution in [3.05, 3.63) is 63.2 Å². The number of rotatable bonds is 8. The summed E-state index contributed by atoms with van der Waals surface area (Å²) in [5.41, 5.74) is 2.62. The number of anilines is 2. The number of hydrogen-bond acceptors (Lipinski definition) is 5. The molecule has 1 fully saturated rings. The Morgan fingerprint density at radius 2 is 1.85 bits per heavy atom. The van der Waals surface area contributed by atoms with Crippen LogP contribution in [0.25, 0.3) is 10.9 Å². The van der Waals surface area contributed by atoms with Gasteiger partial charge in [0.25, 0.3) is 11.5 Å². The van der Waals surface area contributed by atoms with Gasteiger partial charge in [0.2, 0.25) is 0 Å². The Hall–Kier alpha value is -2.97. The second-order valence-electron chi connectivity index (χ2n) is 8.50. The lowest BCUT2D eigenvalue weighted by Crippen LogP contribution is -2.23. The average molecular weight is 467 g/mol. The van der Waals surface area contributed by atoms with Gasteiger partial charge in [-0.2, -0.15) is 0 Å². The van der Waals surface area contributed by atoms with Gasteiger partial charge in [0.1, 0.15) is 0 Å². The minimum atomic E-state index is -0.242. The Kier molecular flexibility index (Phi) is 7.57. The summed E-state index contributed by atoms with van der Waals surface area (Å²) in [5.74, 6) is -0.242. The number of methoxy groups -OCH3 is 1. The molecular formula is C25H30N4O3S. The van der Waals surface area contributed by atoms with Gasteiger partial charge in [0.05, 0.1) is 10.9 Å². The SMILES string of the molecule is COCCCn1c(=S)[nH]c2cc(C(=O)Nc3ccc(NC4CCCCC4)cc3)ccc2c1=O. The maximum absolute atomic E-state index is 12.8. The van der Waals surface area contributed by atoms with Crippen LogP contribution in [0.4, 0.5) is 11.4 Å². The molecule has 0 unspecified atom stereocenters. The number of fused-ring (bicyclic) bond motifs is 1. The van der Waals surface area contributed by atoms with E-state index in [2.05, 4.69) is 15.6 Å². The fourth-order valence-corrected chi connectivity index (χ4v) is 4.59. The molecule has 2 aromatic carbocycles. The summed E-state index contributed by atoms with van der Waals surface area (Å²) in [6, 6.07) is 13.3. The minimum Gasteiger partial charge on any atom is -0.385 e. The van der Waals surface area contributed by atoms with E-state index >= 15 is 0 Å². The molecule has 4 rings (SSSR count). The quantitative estimate of drug-likeness (QED) is 0.318. The molecule has 7 nitrogen and oxygen atoms in total. The maximum Gasteiger partial charge on any atom is 0.262 e. The van der Waals surface area contributed by atoms with Crippen LogP contribution in [0.1, 0.15) is 48.9 Å². The molecule has 33 heavy (non-hydrogen) atoms. The van der Waals surface area contributed by atoms with E-state index in [1.165, 1.54) is 36.7 Å².